The molecule has 0 amide bonds. The lowest BCUT2D eigenvalue weighted by Crippen LogP contribution is -2.31. The first kappa shape index (κ1) is 20.4. The highest BCUT2D eigenvalue weighted by Gasteiger charge is 2.24. The van der Waals surface area contributed by atoms with Gasteiger partial charge in [0.05, 0.1) is 18.5 Å². The summed E-state index contributed by atoms with van der Waals surface area (Å²) in [5, 5.41) is 0.772. The van der Waals surface area contributed by atoms with E-state index in [1.54, 1.807) is 0 Å². The molecule has 28 heavy (non-hydrogen) atoms. The average Bonchev–Trinajstić information content (AvgIpc) is 3.24. The maximum atomic E-state index is 6.35. The Balaban J connectivity index is 1.59. The van der Waals surface area contributed by atoms with Crippen LogP contribution in [0.3, 0.4) is 0 Å². The van der Waals surface area contributed by atoms with Crippen LogP contribution in [0, 0.1) is 0 Å². The van der Waals surface area contributed by atoms with E-state index in [0.29, 0.717) is 6.61 Å². The fourth-order valence-electron chi connectivity index (χ4n) is 3.11. The summed E-state index contributed by atoms with van der Waals surface area (Å²) < 4.78 is 8.45. The number of halogens is 1. The van der Waals surface area contributed by atoms with Gasteiger partial charge in [0.25, 0.3) is 0 Å². The fourth-order valence-corrected chi connectivity index (χ4v) is 3.24. The summed E-state index contributed by atoms with van der Waals surface area (Å²) >= 11 is 6.00. The van der Waals surface area contributed by atoms with Gasteiger partial charge in [0, 0.05) is 24.0 Å². The number of hydrogen-bond donors (Lipinski definition) is 0. The standard InChI is InChI=1S/C24H27ClN2O/c1-24(15-17-27-18-16-26-20-27,14-13-22-9-11-23(25)12-10-22)28-19-5-8-21-6-3-2-4-7-21/h2-12,16,18,20H,13-15,17,19H2,1H3. The normalized spacial score (nSPS) is 13.6. The molecule has 3 aromatic rings. The minimum atomic E-state index is -0.217. The molecular formula is C24H27ClN2O. The van der Waals surface area contributed by atoms with Gasteiger partial charge in [0.15, 0.2) is 0 Å². The Labute approximate surface area is 172 Å². The Bertz CT molecular complexity index is 844. The van der Waals surface area contributed by atoms with Crippen LogP contribution < -0.4 is 0 Å². The molecule has 0 fully saturated rings. The quantitative estimate of drug-likeness (QED) is 0.418. The molecule has 0 radical (unpaired) electrons. The highest BCUT2D eigenvalue weighted by molar-refractivity contribution is 6.30. The molecule has 146 valence electrons. The first-order valence-electron chi connectivity index (χ1n) is 9.69. The van der Waals surface area contributed by atoms with Crippen LogP contribution in [0.15, 0.2) is 79.4 Å². The van der Waals surface area contributed by atoms with Crippen molar-refractivity contribution in [2.75, 3.05) is 6.61 Å². The summed E-state index contributed by atoms with van der Waals surface area (Å²) in [6, 6.07) is 18.4. The summed E-state index contributed by atoms with van der Waals surface area (Å²) in [4.78, 5) is 4.13. The average molecular weight is 395 g/mol. The van der Waals surface area contributed by atoms with Crippen molar-refractivity contribution >= 4 is 17.7 Å². The van der Waals surface area contributed by atoms with Gasteiger partial charge in [-0.05, 0) is 49.4 Å². The molecule has 3 nitrogen and oxygen atoms in total. The zero-order chi connectivity index (χ0) is 19.7. The molecule has 0 bridgehead atoms. The first-order chi connectivity index (χ1) is 13.6. The third-order valence-electron chi connectivity index (χ3n) is 4.95. The maximum Gasteiger partial charge on any atom is 0.0945 e. The lowest BCUT2D eigenvalue weighted by molar-refractivity contribution is -0.0314. The van der Waals surface area contributed by atoms with Gasteiger partial charge in [-0.1, -0.05) is 66.2 Å². The lowest BCUT2D eigenvalue weighted by Gasteiger charge is -2.30. The van der Waals surface area contributed by atoms with E-state index in [0.717, 1.165) is 30.8 Å². The molecule has 1 heterocycles. The highest BCUT2D eigenvalue weighted by atomic mass is 35.5. The summed E-state index contributed by atoms with van der Waals surface area (Å²) in [6.07, 6.45) is 12.7. The van der Waals surface area contributed by atoms with Crippen LogP contribution in [0.4, 0.5) is 0 Å². The van der Waals surface area contributed by atoms with Crippen molar-refractivity contribution in [1.82, 2.24) is 9.55 Å². The predicted molar refractivity (Wildman–Crippen MR) is 116 cm³/mol. The van der Waals surface area contributed by atoms with Crippen LogP contribution in [0.1, 0.15) is 30.9 Å². The van der Waals surface area contributed by atoms with E-state index in [4.69, 9.17) is 16.3 Å². The topological polar surface area (TPSA) is 27.1 Å². The van der Waals surface area contributed by atoms with Crippen LogP contribution in [-0.2, 0) is 17.7 Å². The molecule has 3 rings (SSSR count). The molecule has 0 spiro atoms. The number of rotatable bonds is 10. The number of imidazole rings is 1. The zero-order valence-electron chi connectivity index (χ0n) is 16.3. The van der Waals surface area contributed by atoms with Gasteiger partial charge >= 0.3 is 0 Å². The molecular weight excluding hydrogens is 368 g/mol. The molecule has 0 saturated carbocycles. The molecule has 4 heteroatoms. The summed E-state index contributed by atoms with van der Waals surface area (Å²) in [5.41, 5.74) is 2.25. The van der Waals surface area contributed by atoms with E-state index in [-0.39, 0.29) is 5.60 Å². The van der Waals surface area contributed by atoms with Crippen LogP contribution in [0.25, 0.3) is 6.08 Å². The minimum absolute atomic E-state index is 0.217. The molecule has 0 saturated heterocycles. The molecule has 1 atom stereocenters. The Morgan fingerprint density at radius 2 is 1.86 bits per heavy atom. The van der Waals surface area contributed by atoms with Gasteiger partial charge in [0.1, 0.15) is 0 Å². The summed E-state index contributed by atoms with van der Waals surface area (Å²) in [6.45, 7) is 3.69. The van der Waals surface area contributed by atoms with Gasteiger partial charge in [-0.15, -0.1) is 0 Å². The van der Waals surface area contributed by atoms with Crippen molar-refractivity contribution in [2.24, 2.45) is 0 Å². The van der Waals surface area contributed by atoms with E-state index in [1.165, 1.54) is 11.1 Å². The van der Waals surface area contributed by atoms with Crippen molar-refractivity contribution in [3.8, 4) is 0 Å². The molecule has 2 aromatic carbocycles. The molecule has 1 aromatic heterocycles. The molecule has 0 aliphatic rings. The zero-order valence-corrected chi connectivity index (χ0v) is 17.1. The Morgan fingerprint density at radius 1 is 1.07 bits per heavy atom. The molecule has 0 aliphatic carbocycles. The van der Waals surface area contributed by atoms with Gasteiger partial charge in [0.2, 0.25) is 0 Å². The summed E-state index contributed by atoms with van der Waals surface area (Å²) in [5.74, 6) is 0. The Morgan fingerprint density at radius 3 is 2.57 bits per heavy atom. The number of nitrogens with zero attached hydrogens (tertiary/aromatic N) is 2. The number of aromatic nitrogens is 2. The third-order valence-corrected chi connectivity index (χ3v) is 5.20. The molecule has 0 N–H and O–H groups in total. The number of aryl methyl sites for hydroxylation is 2. The van der Waals surface area contributed by atoms with Gasteiger partial charge in [-0.2, -0.15) is 0 Å². The second-order valence-electron chi connectivity index (χ2n) is 7.25. The van der Waals surface area contributed by atoms with Gasteiger partial charge < -0.3 is 9.30 Å². The van der Waals surface area contributed by atoms with Crippen molar-refractivity contribution in [3.63, 3.8) is 0 Å². The van der Waals surface area contributed by atoms with Crippen molar-refractivity contribution in [1.29, 1.82) is 0 Å². The van der Waals surface area contributed by atoms with Gasteiger partial charge in [-0.3, -0.25) is 0 Å². The monoisotopic (exact) mass is 394 g/mol. The van der Waals surface area contributed by atoms with E-state index in [2.05, 4.69) is 52.9 Å². The molecule has 1 unspecified atom stereocenters. The minimum Gasteiger partial charge on any atom is -0.371 e. The van der Waals surface area contributed by atoms with Crippen LogP contribution in [-0.4, -0.2) is 21.8 Å². The van der Waals surface area contributed by atoms with Crippen LogP contribution in [0.2, 0.25) is 5.02 Å². The van der Waals surface area contributed by atoms with E-state index in [9.17, 15) is 0 Å². The van der Waals surface area contributed by atoms with E-state index < -0.39 is 0 Å². The highest BCUT2D eigenvalue weighted by Crippen LogP contribution is 2.24. The van der Waals surface area contributed by atoms with E-state index in [1.807, 2.05) is 49.1 Å². The van der Waals surface area contributed by atoms with Crippen LogP contribution >= 0.6 is 11.6 Å². The van der Waals surface area contributed by atoms with Crippen molar-refractivity contribution in [2.45, 2.75) is 38.3 Å². The third kappa shape index (κ3) is 6.66. The Hall–Kier alpha value is -2.36. The first-order valence-corrected chi connectivity index (χ1v) is 10.1. The number of benzene rings is 2. The van der Waals surface area contributed by atoms with Crippen LogP contribution in [0.5, 0.6) is 0 Å². The smallest absolute Gasteiger partial charge is 0.0945 e. The predicted octanol–water partition coefficient (Wildman–Crippen LogP) is 6.05. The number of hydrogen-bond acceptors (Lipinski definition) is 2. The lowest BCUT2D eigenvalue weighted by atomic mass is 9.93. The van der Waals surface area contributed by atoms with Gasteiger partial charge in [-0.25, -0.2) is 4.98 Å². The largest absolute Gasteiger partial charge is 0.371 e. The van der Waals surface area contributed by atoms with Crippen molar-refractivity contribution < 1.29 is 4.74 Å². The van der Waals surface area contributed by atoms with Crippen molar-refractivity contribution in [3.05, 3.63) is 95.5 Å². The Kier molecular flexibility index (Phi) is 7.46. The SMILES string of the molecule is CC(CCc1ccc(Cl)cc1)(CCn1ccnc1)OCC=Cc1ccccc1. The number of ether oxygens (including phenoxy) is 1. The fraction of sp³-hybridized carbons (Fsp3) is 0.292. The van der Waals surface area contributed by atoms with E-state index >= 15 is 0 Å². The second kappa shape index (κ2) is 10.3. The molecule has 0 aliphatic heterocycles. The summed E-state index contributed by atoms with van der Waals surface area (Å²) in [7, 11) is 0. The second-order valence-corrected chi connectivity index (χ2v) is 7.69. The maximum absolute atomic E-state index is 6.35.